The minimum atomic E-state index is -0.473. The Hall–Kier alpha value is -1.51. The van der Waals surface area contributed by atoms with Crippen molar-refractivity contribution in [3.05, 3.63) is 28.8 Å². The van der Waals surface area contributed by atoms with Crippen molar-refractivity contribution in [3.63, 3.8) is 0 Å². The fourth-order valence-electron chi connectivity index (χ4n) is 1.82. The predicted molar refractivity (Wildman–Crippen MR) is 78.6 cm³/mol. The van der Waals surface area contributed by atoms with E-state index in [0.29, 0.717) is 12.5 Å². The summed E-state index contributed by atoms with van der Waals surface area (Å²) < 4.78 is 5.79. The first-order valence-electron chi connectivity index (χ1n) is 6.83. The summed E-state index contributed by atoms with van der Waals surface area (Å²) in [5.74, 6) is 1.18. The van der Waals surface area contributed by atoms with Crippen molar-refractivity contribution < 1.29 is 9.53 Å². The number of nitrogens with one attached hydrogen (secondary N) is 1. The fourth-order valence-corrected chi connectivity index (χ4v) is 1.82. The van der Waals surface area contributed by atoms with Crippen molar-refractivity contribution in [2.24, 2.45) is 5.92 Å². The zero-order valence-electron chi connectivity index (χ0n) is 12.8. The lowest BCUT2D eigenvalue weighted by Crippen LogP contribution is -2.38. The van der Waals surface area contributed by atoms with Gasteiger partial charge in [0.15, 0.2) is 6.10 Å². The number of rotatable bonds is 5. The Balaban J connectivity index is 2.71. The smallest absolute Gasteiger partial charge is 0.260 e. The van der Waals surface area contributed by atoms with E-state index in [2.05, 4.69) is 32.2 Å². The predicted octanol–water partition coefficient (Wildman–Crippen LogP) is 3.15. The third-order valence-electron chi connectivity index (χ3n) is 3.12. The molecule has 0 saturated heterocycles. The van der Waals surface area contributed by atoms with Crippen LogP contribution in [0.25, 0.3) is 0 Å². The SMILES string of the molecule is Cc1cc(C)c(C)c(OC(C)C(=O)NCC(C)C)c1. The van der Waals surface area contributed by atoms with Gasteiger partial charge in [0, 0.05) is 6.54 Å². The summed E-state index contributed by atoms with van der Waals surface area (Å²) in [5.41, 5.74) is 3.42. The van der Waals surface area contributed by atoms with Crippen LogP contribution in [0.5, 0.6) is 5.75 Å². The van der Waals surface area contributed by atoms with Crippen LogP contribution < -0.4 is 10.1 Å². The van der Waals surface area contributed by atoms with Crippen molar-refractivity contribution in [2.75, 3.05) is 6.54 Å². The molecule has 1 atom stereocenters. The summed E-state index contributed by atoms with van der Waals surface area (Å²) in [6.45, 7) is 12.7. The molecule has 1 aromatic carbocycles. The summed E-state index contributed by atoms with van der Waals surface area (Å²) >= 11 is 0. The molecule has 1 amide bonds. The maximum atomic E-state index is 11.9. The van der Waals surface area contributed by atoms with E-state index >= 15 is 0 Å². The molecule has 3 nitrogen and oxygen atoms in total. The number of hydrogen-bond donors (Lipinski definition) is 1. The van der Waals surface area contributed by atoms with Crippen molar-refractivity contribution in [1.82, 2.24) is 5.32 Å². The molecule has 1 aromatic rings. The van der Waals surface area contributed by atoms with E-state index in [0.717, 1.165) is 16.9 Å². The molecular weight excluding hydrogens is 238 g/mol. The average Bonchev–Trinajstić information content (AvgIpc) is 2.32. The molecule has 1 N–H and O–H groups in total. The molecule has 0 heterocycles. The minimum Gasteiger partial charge on any atom is -0.481 e. The highest BCUT2D eigenvalue weighted by molar-refractivity contribution is 5.80. The molecule has 1 rings (SSSR count). The van der Waals surface area contributed by atoms with E-state index in [1.54, 1.807) is 6.92 Å². The van der Waals surface area contributed by atoms with Crippen LogP contribution in [0.3, 0.4) is 0 Å². The second kappa shape index (κ2) is 6.60. The van der Waals surface area contributed by atoms with Crippen LogP contribution in [-0.4, -0.2) is 18.6 Å². The summed E-state index contributed by atoms with van der Waals surface area (Å²) in [4.78, 5) is 11.9. The fraction of sp³-hybridized carbons (Fsp3) is 0.562. The number of carbonyl (C=O) groups excluding carboxylic acids is 1. The molecule has 0 bridgehead atoms. The Bertz CT molecular complexity index is 452. The number of amides is 1. The number of aryl methyl sites for hydroxylation is 2. The molecule has 0 aromatic heterocycles. The number of hydrogen-bond acceptors (Lipinski definition) is 2. The Labute approximate surface area is 116 Å². The molecule has 0 saturated carbocycles. The van der Waals surface area contributed by atoms with Crippen LogP contribution in [0, 0.1) is 26.7 Å². The Morgan fingerprint density at radius 3 is 2.42 bits per heavy atom. The topological polar surface area (TPSA) is 38.3 Å². The van der Waals surface area contributed by atoms with Gasteiger partial charge in [-0.3, -0.25) is 4.79 Å². The average molecular weight is 263 g/mol. The molecule has 3 heteroatoms. The second-order valence-electron chi connectivity index (χ2n) is 5.60. The monoisotopic (exact) mass is 263 g/mol. The second-order valence-corrected chi connectivity index (χ2v) is 5.60. The van der Waals surface area contributed by atoms with Gasteiger partial charge in [-0.05, 0) is 56.4 Å². The zero-order valence-corrected chi connectivity index (χ0v) is 12.8. The van der Waals surface area contributed by atoms with Gasteiger partial charge in [-0.15, -0.1) is 0 Å². The lowest BCUT2D eigenvalue weighted by atomic mass is 10.1. The van der Waals surface area contributed by atoms with Crippen molar-refractivity contribution in [1.29, 1.82) is 0 Å². The highest BCUT2D eigenvalue weighted by Crippen LogP contribution is 2.24. The first kappa shape index (κ1) is 15.5. The van der Waals surface area contributed by atoms with Crippen LogP contribution in [-0.2, 0) is 4.79 Å². The lowest BCUT2D eigenvalue weighted by Gasteiger charge is -2.18. The molecule has 106 valence electrons. The van der Waals surface area contributed by atoms with E-state index in [1.807, 2.05) is 19.9 Å². The van der Waals surface area contributed by atoms with Crippen molar-refractivity contribution in [3.8, 4) is 5.75 Å². The number of carbonyl (C=O) groups is 1. The number of benzene rings is 1. The van der Waals surface area contributed by atoms with E-state index in [1.165, 1.54) is 5.56 Å². The quantitative estimate of drug-likeness (QED) is 0.886. The molecule has 0 fully saturated rings. The van der Waals surface area contributed by atoms with E-state index in [-0.39, 0.29) is 5.91 Å². The first-order valence-corrected chi connectivity index (χ1v) is 6.83. The molecule has 0 aliphatic carbocycles. The van der Waals surface area contributed by atoms with Crippen molar-refractivity contribution in [2.45, 2.75) is 47.6 Å². The van der Waals surface area contributed by atoms with Gasteiger partial charge in [0.05, 0.1) is 0 Å². The van der Waals surface area contributed by atoms with E-state index < -0.39 is 6.10 Å². The van der Waals surface area contributed by atoms with Crippen LogP contribution in [0.1, 0.15) is 37.5 Å². The van der Waals surface area contributed by atoms with Gasteiger partial charge >= 0.3 is 0 Å². The number of ether oxygens (including phenoxy) is 1. The molecule has 0 radical (unpaired) electrons. The van der Waals surface area contributed by atoms with Crippen LogP contribution in [0.15, 0.2) is 12.1 Å². The summed E-state index contributed by atoms with van der Waals surface area (Å²) in [6, 6.07) is 4.10. The van der Waals surface area contributed by atoms with Gasteiger partial charge in [-0.25, -0.2) is 0 Å². The Morgan fingerprint density at radius 1 is 1.21 bits per heavy atom. The normalized spacial score (nSPS) is 12.4. The van der Waals surface area contributed by atoms with Crippen molar-refractivity contribution >= 4 is 5.91 Å². The third kappa shape index (κ3) is 4.58. The Morgan fingerprint density at radius 2 is 1.84 bits per heavy atom. The first-order chi connectivity index (χ1) is 8.81. The van der Waals surface area contributed by atoms with Gasteiger partial charge in [-0.2, -0.15) is 0 Å². The Kier molecular flexibility index (Phi) is 5.40. The van der Waals surface area contributed by atoms with E-state index in [4.69, 9.17) is 4.74 Å². The maximum Gasteiger partial charge on any atom is 0.260 e. The summed E-state index contributed by atoms with van der Waals surface area (Å²) in [5, 5.41) is 2.89. The molecule has 0 spiro atoms. The van der Waals surface area contributed by atoms with Gasteiger partial charge < -0.3 is 10.1 Å². The standard InChI is InChI=1S/C16H25NO2/c1-10(2)9-17-16(18)14(6)19-15-8-11(3)7-12(4)13(15)5/h7-8,10,14H,9H2,1-6H3,(H,17,18). The summed E-state index contributed by atoms with van der Waals surface area (Å²) in [7, 11) is 0. The highest BCUT2D eigenvalue weighted by atomic mass is 16.5. The molecule has 1 unspecified atom stereocenters. The maximum absolute atomic E-state index is 11.9. The van der Waals surface area contributed by atoms with Gasteiger partial charge in [0.2, 0.25) is 0 Å². The van der Waals surface area contributed by atoms with Crippen LogP contribution in [0.4, 0.5) is 0 Å². The highest BCUT2D eigenvalue weighted by Gasteiger charge is 2.16. The van der Waals surface area contributed by atoms with Gasteiger partial charge in [-0.1, -0.05) is 19.9 Å². The van der Waals surface area contributed by atoms with Crippen LogP contribution in [0.2, 0.25) is 0 Å². The molecular formula is C16H25NO2. The third-order valence-corrected chi connectivity index (χ3v) is 3.12. The summed E-state index contributed by atoms with van der Waals surface area (Å²) in [6.07, 6.45) is -0.473. The van der Waals surface area contributed by atoms with Gasteiger partial charge in [0.1, 0.15) is 5.75 Å². The minimum absolute atomic E-state index is 0.0627. The molecule has 0 aliphatic rings. The van der Waals surface area contributed by atoms with Gasteiger partial charge in [0.25, 0.3) is 5.91 Å². The molecule has 19 heavy (non-hydrogen) atoms. The lowest BCUT2D eigenvalue weighted by molar-refractivity contribution is -0.127. The van der Waals surface area contributed by atoms with E-state index in [9.17, 15) is 4.79 Å². The van der Waals surface area contributed by atoms with Crippen LogP contribution >= 0.6 is 0 Å². The molecule has 0 aliphatic heterocycles. The largest absolute Gasteiger partial charge is 0.481 e. The zero-order chi connectivity index (χ0) is 14.6.